The van der Waals surface area contributed by atoms with Gasteiger partial charge in [0.15, 0.2) is 11.5 Å². The Kier molecular flexibility index (Phi) is 6.52. The zero-order chi connectivity index (χ0) is 14.3. The highest BCUT2D eigenvalue weighted by Crippen LogP contribution is 2.14. The summed E-state index contributed by atoms with van der Waals surface area (Å²) >= 11 is 0. The van der Waals surface area contributed by atoms with Crippen LogP contribution in [0, 0.1) is 0 Å². The molecule has 0 unspecified atom stereocenters. The second-order valence-electron chi connectivity index (χ2n) is 4.30. The maximum absolute atomic E-state index is 12.4. The fourth-order valence-electron chi connectivity index (χ4n) is 2.06. The Morgan fingerprint density at radius 1 is 1.53 bits per heavy atom. The Morgan fingerprint density at radius 3 is 2.74 bits per heavy atom. The van der Waals surface area contributed by atoms with Gasteiger partial charge < -0.3 is 19.3 Å². The molecule has 0 saturated carbocycles. The number of aliphatic hydroxyl groups excluding tert-OH is 1. The molecule has 0 aliphatic heterocycles. The van der Waals surface area contributed by atoms with Crippen LogP contribution in [0.15, 0.2) is 10.6 Å². The lowest BCUT2D eigenvalue weighted by molar-refractivity contribution is 0.0611. The van der Waals surface area contributed by atoms with Crippen molar-refractivity contribution in [2.75, 3.05) is 20.3 Å². The zero-order valence-electron chi connectivity index (χ0n) is 11.8. The van der Waals surface area contributed by atoms with Gasteiger partial charge in [0.25, 0.3) is 5.91 Å². The molecule has 19 heavy (non-hydrogen) atoms. The van der Waals surface area contributed by atoms with Gasteiger partial charge in [-0.25, -0.2) is 0 Å². The molecule has 6 heteroatoms. The molecule has 0 radical (unpaired) electrons. The quantitative estimate of drug-likeness (QED) is 0.773. The van der Waals surface area contributed by atoms with Crippen LogP contribution in [0.4, 0.5) is 0 Å². The Hall–Kier alpha value is -1.40. The summed E-state index contributed by atoms with van der Waals surface area (Å²) in [7, 11) is 1.55. The highest BCUT2D eigenvalue weighted by Gasteiger charge is 2.24. The summed E-state index contributed by atoms with van der Waals surface area (Å²) < 4.78 is 9.94. The number of ether oxygens (including phenoxy) is 1. The molecule has 0 atom stereocenters. The van der Waals surface area contributed by atoms with E-state index in [1.165, 1.54) is 0 Å². The lowest BCUT2D eigenvalue weighted by atomic mass is 10.1. The van der Waals surface area contributed by atoms with Gasteiger partial charge in [-0.1, -0.05) is 19.0 Å². The molecule has 1 N–H and O–H groups in total. The summed E-state index contributed by atoms with van der Waals surface area (Å²) in [5.41, 5.74) is 0.257. The van der Waals surface area contributed by atoms with Crippen molar-refractivity contribution in [3.63, 3.8) is 0 Å². The first-order valence-corrected chi connectivity index (χ1v) is 6.54. The van der Waals surface area contributed by atoms with Crippen LogP contribution in [0.3, 0.4) is 0 Å². The minimum absolute atomic E-state index is 0.0645. The van der Waals surface area contributed by atoms with E-state index in [1.54, 1.807) is 18.1 Å². The van der Waals surface area contributed by atoms with Crippen molar-refractivity contribution in [1.29, 1.82) is 0 Å². The maximum Gasteiger partial charge on any atom is 0.276 e. The predicted molar refractivity (Wildman–Crippen MR) is 69.7 cm³/mol. The lowest BCUT2D eigenvalue weighted by Crippen LogP contribution is -2.41. The van der Waals surface area contributed by atoms with Crippen molar-refractivity contribution >= 4 is 5.91 Å². The number of rotatable bonds is 8. The molecular weight excluding hydrogens is 248 g/mol. The Labute approximate surface area is 113 Å². The molecule has 0 bridgehead atoms. The number of methoxy groups -OCH3 is 1. The molecule has 108 valence electrons. The standard InChI is InChI=1S/C13H22N2O4/c1-4-10(5-2)15(6-7-16)13(17)12-8-11(9-18-3)19-14-12/h8,10,16H,4-7,9H2,1-3H3. The number of carbonyl (C=O) groups is 1. The molecule has 0 aliphatic carbocycles. The molecule has 1 amide bonds. The second-order valence-corrected chi connectivity index (χ2v) is 4.30. The van der Waals surface area contributed by atoms with E-state index in [9.17, 15) is 4.79 Å². The van der Waals surface area contributed by atoms with E-state index in [2.05, 4.69) is 5.16 Å². The van der Waals surface area contributed by atoms with Gasteiger partial charge in [-0.05, 0) is 12.8 Å². The van der Waals surface area contributed by atoms with Crippen LogP contribution >= 0.6 is 0 Å². The van der Waals surface area contributed by atoms with Gasteiger partial charge in [0, 0.05) is 25.8 Å². The average Bonchev–Trinajstić information content (AvgIpc) is 2.87. The van der Waals surface area contributed by atoms with Crippen molar-refractivity contribution in [3.05, 3.63) is 17.5 Å². The summed E-state index contributed by atoms with van der Waals surface area (Å²) in [5.74, 6) is 0.299. The van der Waals surface area contributed by atoms with Crippen LogP contribution in [0.5, 0.6) is 0 Å². The molecular formula is C13H22N2O4. The minimum atomic E-state index is -0.214. The summed E-state index contributed by atoms with van der Waals surface area (Å²) in [6.45, 7) is 4.56. The number of aliphatic hydroxyl groups is 1. The summed E-state index contributed by atoms with van der Waals surface area (Å²) in [4.78, 5) is 14.0. The Morgan fingerprint density at radius 2 is 2.21 bits per heavy atom. The molecule has 1 aromatic heterocycles. The van der Waals surface area contributed by atoms with E-state index in [0.29, 0.717) is 12.3 Å². The smallest absolute Gasteiger partial charge is 0.276 e. The highest BCUT2D eigenvalue weighted by atomic mass is 16.5. The van der Waals surface area contributed by atoms with Crippen LogP contribution in [0.2, 0.25) is 0 Å². The molecule has 0 aromatic carbocycles. The molecule has 0 saturated heterocycles. The Bertz CT molecular complexity index is 388. The largest absolute Gasteiger partial charge is 0.395 e. The van der Waals surface area contributed by atoms with E-state index in [-0.39, 0.29) is 30.9 Å². The normalized spacial score (nSPS) is 11.0. The number of amides is 1. The first-order valence-electron chi connectivity index (χ1n) is 6.54. The third-order valence-corrected chi connectivity index (χ3v) is 3.05. The van der Waals surface area contributed by atoms with E-state index in [0.717, 1.165) is 12.8 Å². The molecule has 1 rings (SSSR count). The maximum atomic E-state index is 12.4. The van der Waals surface area contributed by atoms with E-state index in [1.807, 2.05) is 13.8 Å². The third-order valence-electron chi connectivity index (χ3n) is 3.05. The zero-order valence-corrected chi connectivity index (χ0v) is 11.8. The van der Waals surface area contributed by atoms with Gasteiger partial charge in [0.1, 0.15) is 6.61 Å². The van der Waals surface area contributed by atoms with Gasteiger partial charge in [-0.2, -0.15) is 0 Å². The van der Waals surface area contributed by atoms with E-state index < -0.39 is 0 Å². The van der Waals surface area contributed by atoms with Crippen LogP contribution in [0.25, 0.3) is 0 Å². The SMILES string of the molecule is CCC(CC)N(CCO)C(=O)c1cc(COC)on1. The average molecular weight is 270 g/mol. The van der Waals surface area contributed by atoms with Gasteiger partial charge in [-0.3, -0.25) is 4.79 Å². The number of hydrogen-bond acceptors (Lipinski definition) is 5. The molecule has 1 aromatic rings. The first kappa shape index (κ1) is 15.7. The molecule has 0 fully saturated rings. The summed E-state index contributed by atoms with van der Waals surface area (Å²) in [5, 5.41) is 12.9. The molecule has 6 nitrogen and oxygen atoms in total. The Balaban J connectivity index is 2.85. The topological polar surface area (TPSA) is 75.8 Å². The number of carbonyl (C=O) groups excluding carboxylic acids is 1. The first-order chi connectivity index (χ1) is 9.17. The summed E-state index contributed by atoms with van der Waals surface area (Å²) in [6.07, 6.45) is 1.68. The van der Waals surface area contributed by atoms with E-state index >= 15 is 0 Å². The summed E-state index contributed by atoms with van der Waals surface area (Å²) in [6, 6.07) is 1.68. The third kappa shape index (κ3) is 4.04. The van der Waals surface area contributed by atoms with E-state index in [4.69, 9.17) is 14.4 Å². The van der Waals surface area contributed by atoms with Gasteiger partial charge in [0.05, 0.1) is 6.61 Å². The van der Waals surface area contributed by atoms with Gasteiger partial charge in [0.2, 0.25) is 0 Å². The van der Waals surface area contributed by atoms with Crippen molar-refractivity contribution in [2.24, 2.45) is 0 Å². The second kappa shape index (κ2) is 7.91. The van der Waals surface area contributed by atoms with Crippen molar-refractivity contribution in [1.82, 2.24) is 10.1 Å². The van der Waals surface area contributed by atoms with Crippen LogP contribution in [0.1, 0.15) is 42.9 Å². The molecule has 1 heterocycles. The monoisotopic (exact) mass is 270 g/mol. The van der Waals surface area contributed by atoms with Gasteiger partial charge >= 0.3 is 0 Å². The van der Waals surface area contributed by atoms with Gasteiger partial charge in [-0.15, -0.1) is 0 Å². The lowest BCUT2D eigenvalue weighted by Gasteiger charge is -2.29. The number of hydrogen-bond donors (Lipinski definition) is 1. The molecule has 0 aliphatic rings. The minimum Gasteiger partial charge on any atom is -0.395 e. The predicted octanol–water partition coefficient (Wildman–Crippen LogP) is 1.44. The van der Waals surface area contributed by atoms with Crippen LogP contribution in [-0.2, 0) is 11.3 Å². The van der Waals surface area contributed by atoms with Crippen LogP contribution in [-0.4, -0.2) is 47.4 Å². The van der Waals surface area contributed by atoms with Crippen molar-refractivity contribution in [2.45, 2.75) is 39.3 Å². The van der Waals surface area contributed by atoms with Crippen LogP contribution < -0.4 is 0 Å². The fourth-order valence-corrected chi connectivity index (χ4v) is 2.06. The fraction of sp³-hybridized carbons (Fsp3) is 0.692. The number of nitrogens with zero attached hydrogens (tertiary/aromatic N) is 2. The number of aromatic nitrogens is 1. The van der Waals surface area contributed by atoms with Crippen molar-refractivity contribution in [3.8, 4) is 0 Å². The highest BCUT2D eigenvalue weighted by molar-refractivity contribution is 5.92. The molecule has 0 spiro atoms. The van der Waals surface area contributed by atoms with Crippen molar-refractivity contribution < 1.29 is 19.2 Å².